The highest BCUT2D eigenvalue weighted by molar-refractivity contribution is 7.92. The molecule has 8 heteroatoms. The average Bonchev–Trinajstić information content (AvgIpc) is 2.47. The maximum atomic E-state index is 13.8. The third-order valence-electron chi connectivity index (χ3n) is 3.31. The Morgan fingerprint density at radius 1 is 1.17 bits per heavy atom. The number of nitrogens with zero attached hydrogens (tertiary/aromatic N) is 2. The lowest BCUT2D eigenvalue weighted by molar-refractivity contribution is -0.387. The highest BCUT2D eigenvalue weighted by Gasteiger charge is 2.25. The number of nitro benzene ring substituents is 1. The molecule has 2 aromatic rings. The zero-order valence-electron chi connectivity index (χ0n) is 12.6. The van der Waals surface area contributed by atoms with E-state index in [1.165, 1.54) is 18.2 Å². The van der Waals surface area contributed by atoms with Crippen LogP contribution in [-0.2, 0) is 10.0 Å². The minimum atomic E-state index is -3.87. The first-order chi connectivity index (χ1) is 10.8. The third-order valence-corrected chi connectivity index (χ3v) is 5.23. The van der Waals surface area contributed by atoms with Crippen LogP contribution >= 0.6 is 0 Å². The molecule has 0 spiro atoms. The Labute approximate surface area is 133 Å². The van der Waals surface area contributed by atoms with E-state index in [1.54, 1.807) is 19.1 Å². The van der Waals surface area contributed by atoms with Crippen LogP contribution in [0.5, 0.6) is 0 Å². The number of hydrogen-bond acceptors (Lipinski definition) is 4. The predicted molar refractivity (Wildman–Crippen MR) is 84.4 cm³/mol. The van der Waals surface area contributed by atoms with Gasteiger partial charge in [0, 0.05) is 18.7 Å². The van der Waals surface area contributed by atoms with E-state index in [1.807, 2.05) is 6.92 Å². The number of benzene rings is 2. The number of nitro groups is 1. The summed E-state index contributed by atoms with van der Waals surface area (Å²) in [6.07, 6.45) is 0. The summed E-state index contributed by atoms with van der Waals surface area (Å²) >= 11 is 0. The number of aryl methyl sites for hydroxylation is 1. The van der Waals surface area contributed by atoms with Crippen LogP contribution in [0.2, 0.25) is 0 Å². The van der Waals surface area contributed by atoms with Crippen molar-refractivity contribution in [2.24, 2.45) is 0 Å². The molecule has 0 aliphatic carbocycles. The highest BCUT2D eigenvalue weighted by atomic mass is 32.2. The summed E-state index contributed by atoms with van der Waals surface area (Å²) in [4.78, 5) is 9.87. The molecule has 0 aromatic heterocycles. The average molecular weight is 338 g/mol. The zero-order valence-corrected chi connectivity index (χ0v) is 13.4. The lowest BCUT2D eigenvalue weighted by Gasteiger charge is -2.23. The lowest BCUT2D eigenvalue weighted by Crippen LogP contribution is -2.30. The van der Waals surface area contributed by atoms with Gasteiger partial charge in [-0.1, -0.05) is 17.7 Å². The van der Waals surface area contributed by atoms with Crippen molar-refractivity contribution < 1.29 is 17.7 Å². The quantitative estimate of drug-likeness (QED) is 0.619. The van der Waals surface area contributed by atoms with Crippen LogP contribution in [0.25, 0.3) is 0 Å². The molecule has 0 amide bonds. The third kappa shape index (κ3) is 3.31. The molecular weight excluding hydrogens is 323 g/mol. The van der Waals surface area contributed by atoms with E-state index in [2.05, 4.69) is 0 Å². The second kappa shape index (κ2) is 6.33. The normalized spacial score (nSPS) is 11.3. The maximum Gasteiger partial charge on any atom is 0.304 e. The van der Waals surface area contributed by atoms with E-state index < -0.39 is 26.5 Å². The Hall–Kier alpha value is -2.48. The van der Waals surface area contributed by atoms with Crippen molar-refractivity contribution in [2.45, 2.75) is 18.7 Å². The molecular formula is C15H15FN2O4S. The van der Waals surface area contributed by atoms with Crippen molar-refractivity contribution in [1.29, 1.82) is 0 Å². The molecule has 2 rings (SSSR count). The second-order valence-electron chi connectivity index (χ2n) is 4.88. The Morgan fingerprint density at radius 3 is 2.26 bits per heavy atom. The molecule has 0 unspecified atom stereocenters. The van der Waals surface area contributed by atoms with Crippen molar-refractivity contribution in [3.05, 3.63) is 64.0 Å². The molecule has 0 aliphatic rings. The van der Waals surface area contributed by atoms with Gasteiger partial charge >= 0.3 is 5.69 Å². The summed E-state index contributed by atoms with van der Waals surface area (Å²) < 4.78 is 40.1. The monoisotopic (exact) mass is 338 g/mol. The van der Waals surface area contributed by atoms with Gasteiger partial charge in [-0.3, -0.25) is 14.4 Å². The van der Waals surface area contributed by atoms with Gasteiger partial charge in [0.15, 0.2) is 0 Å². The second-order valence-corrected chi connectivity index (χ2v) is 6.74. The van der Waals surface area contributed by atoms with Crippen LogP contribution in [0.15, 0.2) is 47.4 Å². The van der Waals surface area contributed by atoms with E-state index in [0.717, 1.165) is 22.0 Å². The Balaban J connectivity index is 2.48. The van der Waals surface area contributed by atoms with Crippen LogP contribution in [0.1, 0.15) is 12.5 Å². The fourth-order valence-corrected chi connectivity index (χ4v) is 3.59. The minimum absolute atomic E-state index is 0.0381. The summed E-state index contributed by atoms with van der Waals surface area (Å²) in [5.41, 5.74) is 0.252. The van der Waals surface area contributed by atoms with E-state index in [9.17, 15) is 22.9 Å². The van der Waals surface area contributed by atoms with Crippen molar-refractivity contribution in [3.8, 4) is 0 Å². The molecule has 0 saturated carbocycles. The van der Waals surface area contributed by atoms with Gasteiger partial charge in [-0.05, 0) is 32.0 Å². The predicted octanol–water partition coefficient (Wildman–Crippen LogP) is 3.26. The molecule has 6 nitrogen and oxygen atoms in total. The smallest absolute Gasteiger partial charge is 0.267 e. The first-order valence-electron chi connectivity index (χ1n) is 6.80. The summed E-state index contributed by atoms with van der Waals surface area (Å²) in [6.45, 7) is 3.50. The molecule has 0 saturated heterocycles. The van der Waals surface area contributed by atoms with Gasteiger partial charge in [0.2, 0.25) is 5.82 Å². The number of rotatable bonds is 5. The van der Waals surface area contributed by atoms with Crippen molar-refractivity contribution in [2.75, 3.05) is 10.8 Å². The molecule has 23 heavy (non-hydrogen) atoms. The highest BCUT2D eigenvalue weighted by Crippen LogP contribution is 2.28. The SMILES string of the molecule is CCN(c1ccc([N+](=O)[O-])c(F)c1)S(=O)(=O)c1ccc(C)cc1. The summed E-state index contributed by atoms with van der Waals surface area (Å²) in [7, 11) is -3.87. The first kappa shape index (κ1) is 16.9. The van der Waals surface area contributed by atoms with Crippen LogP contribution in [0.3, 0.4) is 0 Å². The van der Waals surface area contributed by atoms with E-state index in [-0.39, 0.29) is 17.1 Å². The van der Waals surface area contributed by atoms with E-state index >= 15 is 0 Å². The Kier molecular flexibility index (Phi) is 4.65. The van der Waals surface area contributed by atoms with Crippen molar-refractivity contribution in [3.63, 3.8) is 0 Å². The Bertz CT molecular complexity index is 835. The van der Waals surface area contributed by atoms with Gasteiger partial charge in [-0.25, -0.2) is 8.42 Å². The van der Waals surface area contributed by atoms with Crippen LogP contribution in [-0.4, -0.2) is 19.9 Å². The van der Waals surface area contributed by atoms with E-state index in [4.69, 9.17) is 0 Å². The lowest BCUT2D eigenvalue weighted by atomic mass is 10.2. The molecule has 0 aliphatic heterocycles. The number of sulfonamides is 1. The van der Waals surface area contributed by atoms with Gasteiger partial charge < -0.3 is 0 Å². The van der Waals surface area contributed by atoms with Gasteiger partial charge in [-0.15, -0.1) is 0 Å². The molecule has 0 atom stereocenters. The van der Waals surface area contributed by atoms with Crippen LogP contribution in [0, 0.1) is 22.9 Å². The molecule has 122 valence electrons. The minimum Gasteiger partial charge on any atom is -0.267 e. The van der Waals surface area contributed by atoms with Gasteiger partial charge in [0.1, 0.15) is 0 Å². The summed E-state index contributed by atoms with van der Waals surface area (Å²) in [6, 6.07) is 9.29. The molecule has 0 heterocycles. The number of anilines is 1. The van der Waals surface area contributed by atoms with Crippen molar-refractivity contribution in [1.82, 2.24) is 0 Å². The van der Waals surface area contributed by atoms with Gasteiger partial charge in [0.05, 0.1) is 15.5 Å². The fraction of sp³-hybridized carbons (Fsp3) is 0.200. The standard InChI is InChI=1S/C15H15FN2O4S/c1-3-17(12-6-9-15(18(19)20)14(16)10-12)23(21,22)13-7-4-11(2)5-8-13/h4-10H,3H2,1-2H3. The molecule has 0 bridgehead atoms. The summed E-state index contributed by atoms with van der Waals surface area (Å²) in [5.74, 6) is -1.08. The number of hydrogen-bond donors (Lipinski definition) is 0. The zero-order chi connectivity index (χ0) is 17.2. The Morgan fingerprint density at radius 2 is 1.78 bits per heavy atom. The fourth-order valence-electron chi connectivity index (χ4n) is 2.13. The van der Waals surface area contributed by atoms with Crippen LogP contribution in [0.4, 0.5) is 15.8 Å². The molecule has 0 fully saturated rings. The van der Waals surface area contributed by atoms with Crippen molar-refractivity contribution >= 4 is 21.4 Å². The largest absolute Gasteiger partial charge is 0.304 e. The van der Waals surface area contributed by atoms with Gasteiger partial charge in [-0.2, -0.15) is 4.39 Å². The molecule has 0 N–H and O–H groups in total. The summed E-state index contributed by atoms with van der Waals surface area (Å²) in [5, 5.41) is 10.7. The van der Waals surface area contributed by atoms with Gasteiger partial charge in [0.25, 0.3) is 10.0 Å². The maximum absolute atomic E-state index is 13.8. The number of halogens is 1. The van der Waals surface area contributed by atoms with E-state index in [0.29, 0.717) is 0 Å². The molecule has 0 radical (unpaired) electrons. The van der Waals surface area contributed by atoms with Crippen LogP contribution < -0.4 is 4.31 Å². The topological polar surface area (TPSA) is 80.5 Å². The molecule has 2 aromatic carbocycles. The first-order valence-corrected chi connectivity index (χ1v) is 8.24.